The summed E-state index contributed by atoms with van der Waals surface area (Å²) in [5.41, 5.74) is 5.94. The maximum Gasteiger partial charge on any atom is 0.224 e. The molecule has 0 bridgehead atoms. The highest BCUT2D eigenvalue weighted by molar-refractivity contribution is 5.77. The molecular weight excluding hydrogens is 204 g/mol. The first-order valence-corrected chi connectivity index (χ1v) is 5.76. The van der Waals surface area contributed by atoms with E-state index in [0.29, 0.717) is 12.2 Å². The van der Waals surface area contributed by atoms with E-state index < -0.39 is 0 Å². The van der Waals surface area contributed by atoms with Crippen molar-refractivity contribution in [2.75, 3.05) is 13.1 Å². The summed E-state index contributed by atoms with van der Waals surface area (Å²) in [6.07, 6.45) is 2.56. The number of rotatable bonds is 3. The predicted octanol–water partition coefficient (Wildman–Crippen LogP) is 1.60. The molecule has 1 aliphatic heterocycles. The normalized spacial score (nSPS) is 17.8. The van der Waals surface area contributed by atoms with Crippen LogP contribution in [0.15, 0.2) is 16.5 Å². The van der Waals surface area contributed by atoms with Crippen LogP contribution in [0.1, 0.15) is 36.8 Å². The maximum atomic E-state index is 11.8. The highest BCUT2D eigenvalue weighted by Crippen LogP contribution is 2.19. The molecule has 2 rings (SSSR count). The molecule has 1 saturated heterocycles. The molecular formula is C12H18N2O2. The molecule has 1 amide bonds. The Morgan fingerprint density at radius 2 is 2.19 bits per heavy atom. The van der Waals surface area contributed by atoms with E-state index in [1.54, 1.807) is 0 Å². The van der Waals surface area contributed by atoms with Crippen LogP contribution < -0.4 is 5.73 Å². The Hall–Kier alpha value is -1.29. The zero-order chi connectivity index (χ0) is 11.5. The molecule has 1 unspecified atom stereocenters. The minimum atomic E-state index is -0.318. The Labute approximate surface area is 95.4 Å². The van der Waals surface area contributed by atoms with Gasteiger partial charge in [0.05, 0.1) is 6.04 Å². The average Bonchev–Trinajstić information content (AvgIpc) is 2.87. The number of hydrogen-bond acceptors (Lipinski definition) is 3. The number of hydrogen-bond donors (Lipinski definition) is 1. The summed E-state index contributed by atoms with van der Waals surface area (Å²) in [6.45, 7) is 3.63. The second-order valence-electron chi connectivity index (χ2n) is 4.35. The van der Waals surface area contributed by atoms with Gasteiger partial charge >= 0.3 is 0 Å². The van der Waals surface area contributed by atoms with Crippen LogP contribution in [0, 0.1) is 6.92 Å². The van der Waals surface area contributed by atoms with Gasteiger partial charge in [0, 0.05) is 19.5 Å². The summed E-state index contributed by atoms with van der Waals surface area (Å²) in [5.74, 6) is 1.67. The second kappa shape index (κ2) is 4.70. The van der Waals surface area contributed by atoms with E-state index in [1.165, 1.54) is 0 Å². The molecule has 0 aliphatic carbocycles. The third-order valence-electron chi connectivity index (χ3n) is 2.98. The topological polar surface area (TPSA) is 59.5 Å². The summed E-state index contributed by atoms with van der Waals surface area (Å²) < 4.78 is 5.41. The quantitative estimate of drug-likeness (QED) is 0.845. The van der Waals surface area contributed by atoms with E-state index in [4.69, 9.17) is 10.2 Å². The minimum absolute atomic E-state index is 0.138. The second-order valence-corrected chi connectivity index (χ2v) is 4.35. The highest BCUT2D eigenvalue weighted by atomic mass is 16.3. The van der Waals surface area contributed by atoms with E-state index >= 15 is 0 Å². The monoisotopic (exact) mass is 222 g/mol. The van der Waals surface area contributed by atoms with Gasteiger partial charge in [-0.1, -0.05) is 0 Å². The summed E-state index contributed by atoms with van der Waals surface area (Å²) in [6, 6.07) is 3.40. The Morgan fingerprint density at radius 1 is 1.50 bits per heavy atom. The molecule has 1 fully saturated rings. The Kier molecular flexibility index (Phi) is 3.29. The van der Waals surface area contributed by atoms with Crippen LogP contribution in [0.2, 0.25) is 0 Å². The first-order chi connectivity index (χ1) is 7.66. The lowest BCUT2D eigenvalue weighted by atomic mass is 10.1. The van der Waals surface area contributed by atoms with Crippen molar-refractivity contribution < 1.29 is 9.21 Å². The molecule has 0 saturated carbocycles. The SMILES string of the molecule is Cc1ccc(C(N)CC(=O)N2CCCC2)o1. The number of aryl methyl sites for hydroxylation is 1. The molecule has 1 aromatic rings. The van der Waals surface area contributed by atoms with Crippen molar-refractivity contribution in [1.29, 1.82) is 0 Å². The fraction of sp³-hybridized carbons (Fsp3) is 0.583. The fourth-order valence-electron chi connectivity index (χ4n) is 2.04. The molecule has 0 radical (unpaired) electrons. The van der Waals surface area contributed by atoms with Crippen LogP contribution >= 0.6 is 0 Å². The molecule has 2 heterocycles. The molecule has 0 aromatic carbocycles. The van der Waals surface area contributed by atoms with Gasteiger partial charge in [0.15, 0.2) is 0 Å². The number of carbonyl (C=O) groups is 1. The molecule has 2 N–H and O–H groups in total. The van der Waals surface area contributed by atoms with Crippen LogP contribution in [-0.2, 0) is 4.79 Å². The van der Waals surface area contributed by atoms with E-state index in [0.717, 1.165) is 31.7 Å². The fourth-order valence-corrected chi connectivity index (χ4v) is 2.04. The molecule has 1 atom stereocenters. The van der Waals surface area contributed by atoms with Crippen molar-refractivity contribution in [2.45, 2.75) is 32.2 Å². The number of nitrogens with zero attached hydrogens (tertiary/aromatic N) is 1. The van der Waals surface area contributed by atoms with Crippen molar-refractivity contribution in [2.24, 2.45) is 5.73 Å². The maximum absolute atomic E-state index is 11.8. The van der Waals surface area contributed by atoms with Crippen LogP contribution in [0.25, 0.3) is 0 Å². The van der Waals surface area contributed by atoms with Crippen molar-refractivity contribution in [1.82, 2.24) is 4.90 Å². The van der Waals surface area contributed by atoms with E-state index in [1.807, 2.05) is 24.0 Å². The highest BCUT2D eigenvalue weighted by Gasteiger charge is 2.21. The predicted molar refractivity (Wildman–Crippen MR) is 60.8 cm³/mol. The van der Waals surface area contributed by atoms with Gasteiger partial charge in [-0.25, -0.2) is 0 Å². The number of carbonyl (C=O) groups excluding carboxylic acids is 1. The Balaban J connectivity index is 1.91. The molecule has 1 aliphatic rings. The molecule has 4 heteroatoms. The van der Waals surface area contributed by atoms with Crippen LogP contribution in [-0.4, -0.2) is 23.9 Å². The molecule has 4 nitrogen and oxygen atoms in total. The van der Waals surface area contributed by atoms with Gasteiger partial charge in [-0.15, -0.1) is 0 Å². The van der Waals surface area contributed by atoms with Gasteiger partial charge in [-0.2, -0.15) is 0 Å². The van der Waals surface area contributed by atoms with E-state index in [9.17, 15) is 4.79 Å². The minimum Gasteiger partial charge on any atom is -0.465 e. The summed E-state index contributed by atoms with van der Waals surface area (Å²) >= 11 is 0. The number of likely N-dealkylation sites (tertiary alicyclic amines) is 1. The third kappa shape index (κ3) is 2.44. The zero-order valence-corrected chi connectivity index (χ0v) is 9.61. The summed E-state index contributed by atoms with van der Waals surface area (Å²) in [4.78, 5) is 13.7. The average molecular weight is 222 g/mol. The molecule has 88 valence electrons. The van der Waals surface area contributed by atoms with E-state index in [2.05, 4.69) is 0 Å². The Morgan fingerprint density at radius 3 is 2.75 bits per heavy atom. The van der Waals surface area contributed by atoms with Gasteiger partial charge in [-0.05, 0) is 31.9 Å². The number of nitrogens with two attached hydrogens (primary N) is 1. The lowest BCUT2D eigenvalue weighted by Crippen LogP contribution is -2.30. The van der Waals surface area contributed by atoms with Crippen LogP contribution in [0.3, 0.4) is 0 Å². The van der Waals surface area contributed by atoms with Gasteiger partial charge in [0.25, 0.3) is 0 Å². The molecule has 0 spiro atoms. The van der Waals surface area contributed by atoms with Gasteiger partial charge in [0.2, 0.25) is 5.91 Å². The van der Waals surface area contributed by atoms with Crippen molar-refractivity contribution in [3.05, 3.63) is 23.7 Å². The van der Waals surface area contributed by atoms with Crippen LogP contribution in [0.5, 0.6) is 0 Å². The summed E-state index contributed by atoms with van der Waals surface area (Å²) in [7, 11) is 0. The smallest absolute Gasteiger partial charge is 0.224 e. The van der Waals surface area contributed by atoms with Crippen molar-refractivity contribution >= 4 is 5.91 Å². The van der Waals surface area contributed by atoms with Crippen molar-refractivity contribution in [3.63, 3.8) is 0 Å². The zero-order valence-electron chi connectivity index (χ0n) is 9.61. The van der Waals surface area contributed by atoms with Gasteiger partial charge in [-0.3, -0.25) is 4.79 Å². The standard InChI is InChI=1S/C12H18N2O2/c1-9-4-5-11(16-9)10(13)8-12(15)14-6-2-3-7-14/h4-5,10H,2-3,6-8,13H2,1H3. The van der Waals surface area contributed by atoms with Gasteiger partial charge in [0.1, 0.15) is 11.5 Å². The van der Waals surface area contributed by atoms with E-state index in [-0.39, 0.29) is 11.9 Å². The first kappa shape index (κ1) is 11.2. The van der Waals surface area contributed by atoms with Crippen molar-refractivity contribution in [3.8, 4) is 0 Å². The lowest BCUT2D eigenvalue weighted by Gasteiger charge is -2.17. The Bertz CT molecular complexity index is 367. The molecule has 1 aromatic heterocycles. The molecule has 16 heavy (non-hydrogen) atoms. The summed E-state index contributed by atoms with van der Waals surface area (Å²) in [5, 5.41) is 0. The largest absolute Gasteiger partial charge is 0.465 e. The number of furan rings is 1. The van der Waals surface area contributed by atoms with Crippen LogP contribution in [0.4, 0.5) is 0 Å². The number of amides is 1. The first-order valence-electron chi connectivity index (χ1n) is 5.76. The van der Waals surface area contributed by atoms with Gasteiger partial charge < -0.3 is 15.1 Å². The third-order valence-corrected chi connectivity index (χ3v) is 2.98. The lowest BCUT2D eigenvalue weighted by molar-refractivity contribution is -0.130.